The van der Waals surface area contributed by atoms with Crippen LogP contribution in [0.5, 0.6) is 5.75 Å². The van der Waals surface area contributed by atoms with E-state index < -0.39 is 0 Å². The summed E-state index contributed by atoms with van der Waals surface area (Å²) >= 11 is 0. The minimum Gasteiger partial charge on any atom is -0.492 e. The van der Waals surface area contributed by atoms with E-state index in [1.165, 1.54) is 0 Å². The Morgan fingerprint density at radius 3 is 2.67 bits per heavy atom. The van der Waals surface area contributed by atoms with Crippen LogP contribution in [0.25, 0.3) is 10.8 Å². The number of carbonyl (C=O) groups excluding carboxylic acids is 1. The molecule has 0 aliphatic rings. The van der Waals surface area contributed by atoms with Crippen molar-refractivity contribution in [2.45, 2.75) is 26.7 Å². The Kier molecular flexibility index (Phi) is 3.98. The Morgan fingerprint density at radius 1 is 1.17 bits per heavy atom. The van der Waals surface area contributed by atoms with Gasteiger partial charge in [0.05, 0.1) is 12.2 Å². The summed E-state index contributed by atoms with van der Waals surface area (Å²) in [5.41, 5.74) is 0.671. The Morgan fingerprint density at radius 2 is 1.94 bits per heavy atom. The fourth-order valence-corrected chi connectivity index (χ4v) is 1.99. The van der Waals surface area contributed by atoms with Gasteiger partial charge in [-0.1, -0.05) is 43.7 Å². The molecule has 2 nitrogen and oxygen atoms in total. The summed E-state index contributed by atoms with van der Waals surface area (Å²) in [6.07, 6.45) is 2.08. The van der Waals surface area contributed by atoms with E-state index in [0.717, 1.165) is 29.4 Å². The van der Waals surface area contributed by atoms with Gasteiger partial charge in [-0.05, 0) is 24.8 Å². The molecule has 2 aromatic carbocycles. The second-order valence-corrected chi connectivity index (χ2v) is 4.42. The summed E-state index contributed by atoms with van der Waals surface area (Å²) < 4.78 is 5.83. The molecule has 0 unspecified atom stereocenters. The van der Waals surface area contributed by atoms with Crippen molar-refractivity contribution in [2.75, 3.05) is 6.61 Å². The molecule has 18 heavy (non-hydrogen) atoms. The van der Waals surface area contributed by atoms with Crippen molar-refractivity contribution in [1.82, 2.24) is 0 Å². The molecule has 0 aliphatic carbocycles. The first-order valence-corrected chi connectivity index (χ1v) is 6.39. The molecule has 2 aromatic rings. The molecule has 0 bridgehead atoms. The lowest BCUT2D eigenvalue weighted by molar-refractivity contribution is 0.101. The van der Waals surface area contributed by atoms with Crippen LogP contribution >= 0.6 is 0 Å². The van der Waals surface area contributed by atoms with Gasteiger partial charge in [0.15, 0.2) is 5.78 Å². The van der Waals surface area contributed by atoms with Crippen molar-refractivity contribution >= 4 is 16.6 Å². The van der Waals surface area contributed by atoms with E-state index in [1.807, 2.05) is 36.4 Å². The SMILES string of the molecule is CCCCOc1c(C(C)=O)ccc2ccccc12. The van der Waals surface area contributed by atoms with E-state index in [9.17, 15) is 4.79 Å². The number of ether oxygens (including phenoxy) is 1. The number of hydrogen-bond acceptors (Lipinski definition) is 2. The zero-order valence-corrected chi connectivity index (χ0v) is 10.9. The second kappa shape index (κ2) is 5.67. The molecule has 2 rings (SSSR count). The molecule has 0 amide bonds. The topological polar surface area (TPSA) is 26.3 Å². The minimum atomic E-state index is 0.0484. The van der Waals surface area contributed by atoms with Gasteiger partial charge in [-0.25, -0.2) is 0 Å². The van der Waals surface area contributed by atoms with Gasteiger partial charge >= 0.3 is 0 Å². The van der Waals surface area contributed by atoms with Gasteiger partial charge in [0.25, 0.3) is 0 Å². The van der Waals surface area contributed by atoms with Crippen LogP contribution in [0, 0.1) is 0 Å². The molecular weight excluding hydrogens is 224 g/mol. The van der Waals surface area contributed by atoms with Crippen LogP contribution in [-0.4, -0.2) is 12.4 Å². The van der Waals surface area contributed by atoms with Crippen molar-refractivity contribution in [3.8, 4) is 5.75 Å². The molecule has 0 heterocycles. The molecular formula is C16H18O2. The van der Waals surface area contributed by atoms with E-state index in [4.69, 9.17) is 4.74 Å². The molecule has 0 saturated heterocycles. The molecule has 0 spiro atoms. The van der Waals surface area contributed by atoms with Gasteiger partial charge in [-0.3, -0.25) is 4.79 Å². The van der Waals surface area contributed by atoms with Crippen molar-refractivity contribution < 1.29 is 9.53 Å². The van der Waals surface area contributed by atoms with Gasteiger partial charge in [0.1, 0.15) is 5.75 Å². The molecule has 2 heteroatoms. The molecule has 0 fully saturated rings. The fourth-order valence-electron chi connectivity index (χ4n) is 1.99. The second-order valence-electron chi connectivity index (χ2n) is 4.42. The molecule has 94 valence electrons. The molecule has 0 atom stereocenters. The summed E-state index contributed by atoms with van der Waals surface area (Å²) in [4.78, 5) is 11.7. The Balaban J connectivity index is 2.48. The monoisotopic (exact) mass is 242 g/mol. The van der Waals surface area contributed by atoms with Crippen molar-refractivity contribution in [3.63, 3.8) is 0 Å². The summed E-state index contributed by atoms with van der Waals surface area (Å²) in [5.74, 6) is 0.779. The molecule has 0 N–H and O–H groups in total. The molecule has 0 aliphatic heterocycles. The number of Topliss-reactive ketones (excluding diaryl/α,β-unsaturated/α-hetero) is 1. The lowest BCUT2D eigenvalue weighted by atomic mass is 10.0. The maximum atomic E-state index is 11.7. The highest BCUT2D eigenvalue weighted by Gasteiger charge is 2.12. The summed E-state index contributed by atoms with van der Waals surface area (Å²) in [6, 6.07) is 11.8. The van der Waals surface area contributed by atoms with Gasteiger partial charge in [-0.2, -0.15) is 0 Å². The average Bonchev–Trinajstić information content (AvgIpc) is 2.38. The average molecular weight is 242 g/mol. The van der Waals surface area contributed by atoms with Crippen molar-refractivity contribution in [2.24, 2.45) is 0 Å². The third-order valence-corrected chi connectivity index (χ3v) is 3.00. The Hall–Kier alpha value is -1.83. The third kappa shape index (κ3) is 2.53. The minimum absolute atomic E-state index is 0.0484. The van der Waals surface area contributed by atoms with Crippen LogP contribution in [0.3, 0.4) is 0 Å². The van der Waals surface area contributed by atoms with Crippen LogP contribution in [-0.2, 0) is 0 Å². The molecule has 0 saturated carbocycles. The molecule has 0 aromatic heterocycles. The predicted molar refractivity (Wildman–Crippen MR) is 74.4 cm³/mol. The quantitative estimate of drug-likeness (QED) is 0.579. The first kappa shape index (κ1) is 12.6. The highest BCUT2D eigenvalue weighted by atomic mass is 16.5. The fraction of sp³-hybridized carbons (Fsp3) is 0.312. The van der Waals surface area contributed by atoms with Crippen LogP contribution < -0.4 is 4.74 Å². The number of rotatable bonds is 5. The lowest BCUT2D eigenvalue weighted by Gasteiger charge is -2.12. The van der Waals surface area contributed by atoms with Crippen LogP contribution in [0.15, 0.2) is 36.4 Å². The maximum absolute atomic E-state index is 11.7. The van der Waals surface area contributed by atoms with Crippen LogP contribution in [0.2, 0.25) is 0 Å². The lowest BCUT2D eigenvalue weighted by Crippen LogP contribution is -2.03. The Labute approximate surface area is 108 Å². The highest BCUT2D eigenvalue weighted by Crippen LogP contribution is 2.30. The zero-order chi connectivity index (χ0) is 13.0. The van der Waals surface area contributed by atoms with E-state index in [-0.39, 0.29) is 5.78 Å². The predicted octanol–water partition coefficient (Wildman–Crippen LogP) is 4.22. The largest absolute Gasteiger partial charge is 0.492 e. The van der Waals surface area contributed by atoms with E-state index in [2.05, 4.69) is 6.92 Å². The number of benzene rings is 2. The number of carbonyl (C=O) groups is 1. The van der Waals surface area contributed by atoms with Crippen LogP contribution in [0.1, 0.15) is 37.0 Å². The van der Waals surface area contributed by atoms with Gasteiger partial charge in [0.2, 0.25) is 0 Å². The van der Waals surface area contributed by atoms with E-state index in [0.29, 0.717) is 12.2 Å². The van der Waals surface area contributed by atoms with Crippen molar-refractivity contribution in [1.29, 1.82) is 0 Å². The Bertz CT molecular complexity index is 558. The van der Waals surface area contributed by atoms with Gasteiger partial charge in [0, 0.05) is 5.39 Å². The standard InChI is InChI=1S/C16H18O2/c1-3-4-11-18-16-14(12(2)17)10-9-13-7-5-6-8-15(13)16/h5-10H,3-4,11H2,1-2H3. The first-order chi connectivity index (χ1) is 8.74. The maximum Gasteiger partial charge on any atom is 0.163 e. The number of unbranched alkanes of at least 4 members (excludes halogenated alkanes) is 1. The van der Waals surface area contributed by atoms with E-state index >= 15 is 0 Å². The number of ketones is 1. The van der Waals surface area contributed by atoms with Gasteiger partial charge in [-0.15, -0.1) is 0 Å². The number of hydrogen-bond donors (Lipinski definition) is 0. The summed E-state index contributed by atoms with van der Waals surface area (Å²) in [7, 11) is 0. The zero-order valence-electron chi connectivity index (χ0n) is 10.9. The first-order valence-electron chi connectivity index (χ1n) is 6.39. The third-order valence-electron chi connectivity index (χ3n) is 3.00. The normalized spacial score (nSPS) is 10.6. The summed E-state index contributed by atoms with van der Waals surface area (Å²) in [6.45, 7) is 4.36. The molecule has 0 radical (unpaired) electrons. The number of fused-ring (bicyclic) bond motifs is 1. The van der Waals surface area contributed by atoms with Gasteiger partial charge < -0.3 is 4.74 Å². The van der Waals surface area contributed by atoms with Crippen LogP contribution in [0.4, 0.5) is 0 Å². The summed E-state index contributed by atoms with van der Waals surface area (Å²) in [5, 5.41) is 2.12. The smallest absolute Gasteiger partial charge is 0.163 e. The highest BCUT2D eigenvalue weighted by molar-refractivity contribution is 6.03. The van der Waals surface area contributed by atoms with E-state index in [1.54, 1.807) is 6.92 Å². The van der Waals surface area contributed by atoms with Crippen molar-refractivity contribution in [3.05, 3.63) is 42.0 Å².